The molecule has 130 valence electrons. The molecule has 2 aromatic carbocycles. The third kappa shape index (κ3) is 3.12. The highest BCUT2D eigenvalue weighted by molar-refractivity contribution is 6.33. The van der Waals surface area contributed by atoms with E-state index in [1.807, 2.05) is 18.2 Å². The molecule has 0 saturated heterocycles. The number of benzene rings is 2. The first kappa shape index (κ1) is 17.8. The van der Waals surface area contributed by atoms with Crippen LogP contribution in [0.15, 0.2) is 55.0 Å². The summed E-state index contributed by atoms with van der Waals surface area (Å²) in [5, 5.41) is 14.5. The topological polar surface area (TPSA) is 88.0 Å². The van der Waals surface area contributed by atoms with Gasteiger partial charge in [0.1, 0.15) is 11.8 Å². The number of rotatable bonds is 3. The average molecular weight is 387 g/mol. The van der Waals surface area contributed by atoms with Crippen molar-refractivity contribution >= 4 is 63.3 Å². The summed E-state index contributed by atoms with van der Waals surface area (Å²) in [6.45, 7) is 0. The molecule has 0 aliphatic heterocycles. The summed E-state index contributed by atoms with van der Waals surface area (Å²) in [4.78, 5) is 24.2. The number of hydrogen-bond donors (Lipinski definition) is 2. The lowest BCUT2D eigenvalue weighted by Gasteiger charge is -2.12. The molecule has 0 fully saturated rings. The Morgan fingerprint density at radius 2 is 1.92 bits per heavy atom. The normalized spacial score (nSPS) is 10.5. The minimum absolute atomic E-state index is 0. The lowest BCUT2D eigenvalue weighted by molar-refractivity contribution is 0.0697. The number of aromatic nitrogens is 3. The highest BCUT2D eigenvalue weighted by Crippen LogP contribution is 2.31. The Morgan fingerprint density at radius 3 is 2.69 bits per heavy atom. The Labute approximate surface area is 159 Å². The zero-order valence-electron chi connectivity index (χ0n) is 13.2. The Hall–Kier alpha value is -2.96. The zero-order chi connectivity index (χ0) is 17.4. The highest BCUT2D eigenvalue weighted by atomic mass is 35.5. The van der Waals surface area contributed by atoms with Crippen molar-refractivity contribution in [1.82, 2.24) is 15.0 Å². The minimum Gasteiger partial charge on any atom is -0.478 e. The first-order valence-electron chi connectivity index (χ1n) is 7.42. The Bertz CT molecular complexity index is 1130. The molecule has 0 unspecified atom stereocenters. The molecular weight excluding hydrogens is 375 g/mol. The van der Waals surface area contributed by atoms with E-state index in [4.69, 9.17) is 11.6 Å². The number of carbonyl (C=O) groups is 1. The van der Waals surface area contributed by atoms with E-state index in [1.165, 1.54) is 12.4 Å². The van der Waals surface area contributed by atoms with Crippen LogP contribution in [0, 0.1) is 0 Å². The van der Waals surface area contributed by atoms with Crippen molar-refractivity contribution in [2.75, 3.05) is 5.32 Å². The van der Waals surface area contributed by atoms with E-state index in [0.717, 1.165) is 10.8 Å². The number of pyridine rings is 1. The quantitative estimate of drug-likeness (QED) is 0.496. The fourth-order valence-electron chi connectivity index (χ4n) is 2.65. The summed E-state index contributed by atoms with van der Waals surface area (Å²) in [5.41, 5.74) is 2.02. The fraction of sp³-hybridized carbons (Fsp3) is 0. The molecule has 6 nitrogen and oxygen atoms in total. The predicted octanol–water partition coefficient (Wildman–Crippen LogP) is 4.70. The van der Waals surface area contributed by atoms with Gasteiger partial charge in [-0.1, -0.05) is 29.8 Å². The minimum atomic E-state index is -1.01. The number of nitrogens with zero attached hydrogens (tertiary/aromatic N) is 3. The van der Waals surface area contributed by atoms with Crippen LogP contribution in [0.1, 0.15) is 10.4 Å². The number of carboxylic acid groups (broad SMARTS) is 1. The number of fused-ring (bicyclic) bond motifs is 3. The highest BCUT2D eigenvalue weighted by Gasteiger charge is 2.13. The van der Waals surface area contributed by atoms with Gasteiger partial charge >= 0.3 is 5.97 Å². The molecule has 4 aromatic rings. The van der Waals surface area contributed by atoms with Crippen molar-refractivity contribution in [3.63, 3.8) is 0 Å². The summed E-state index contributed by atoms with van der Waals surface area (Å²) in [6.07, 6.45) is 3.13. The lowest BCUT2D eigenvalue weighted by atomic mass is 10.1. The Balaban J connectivity index is 0.00000196. The molecule has 0 radical (unpaired) electrons. The molecular formula is C18H12Cl2N4O2. The van der Waals surface area contributed by atoms with Crippen LogP contribution >= 0.6 is 24.0 Å². The van der Waals surface area contributed by atoms with Crippen molar-refractivity contribution < 1.29 is 9.90 Å². The van der Waals surface area contributed by atoms with E-state index < -0.39 is 5.97 Å². The first-order valence-corrected chi connectivity index (χ1v) is 7.79. The van der Waals surface area contributed by atoms with Gasteiger partial charge in [0.2, 0.25) is 0 Å². The zero-order valence-corrected chi connectivity index (χ0v) is 14.8. The summed E-state index contributed by atoms with van der Waals surface area (Å²) < 4.78 is 0. The van der Waals surface area contributed by atoms with E-state index in [-0.39, 0.29) is 18.0 Å². The first-order chi connectivity index (χ1) is 12.1. The van der Waals surface area contributed by atoms with Gasteiger partial charge in [-0.2, -0.15) is 0 Å². The lowest BCUT2D eigenvalue weighted by Crippen LogP contribution is -2.00. The van der Waals surface area contributed by atoms with Crippen LogP contribution in [0.2, 0.25) is 5.02 Å². The molecule has 26 heavy (non-hydrogen) atoms. The summed E-state index contributed by atoms with van der Waals surface area (Å²) in [5.74, 6) is -0.519. The molecule has 8 heteroatoms. The Kier molecular flexibility index (Phi) is 4.88. The third-order valence-electron chi connectivity index (χ3n) is 3.83. The van der Waals surface area contributed by atoms with E-state index in [0.29, 0.717) is 27.6 Å². The number of halogens is 2. The van der Waals surface area contributed by atoms with Crippen molar-refractivity contribution in [1.29, 1.82) is 0 Å². The second kappa shape index (κ2) is 7.11. The molecule has 0 saturated carbocycles. The second-order valence-corrected chi connectivity index (χ2v) is 5.79. The monoisotopic (exact) mass is 386 g/mol. The van der Waals surface area contributed by atoms with Gasteiger partial charge in [-0.15, -0.1) is 12.4 Å². The largest absolute Gasteiger partial charge is 0.478 e. The van der Waals surface area contributed by atoms with E-state index in [2.05, 4.69) is 20.3 Å². The average Bonchev–Trinajstić information content (AvgIpc) is 2.63. The molecule has 0 atom stereocenters. The van der Waals surface area contributed by atoms with Gasteiger partial charge in [0.05, 0.1) is 21.8 Å². The van der Waals surface area contributed by atoms with Gasteiger partial charge in [0.25, 0.3) is 0 Å². The summed E-state index contributed by atoms with van der Waals surface area (Å²) in [6, 6.07) is 12.1. The molecule has 4 rings (SSSR count). The Morgan fingerprint density at radius 1 is 1.12 bits per heavy atom. The maximum absolute atomic E-state index is 11.2. The molecule has 0 aliphatic rings. The van der Waals surface area contributed by atoms with E-state index in [1.54, 1.807) is 24.4 Å². The van der Waals surface area contributed by atoms with Gasteiger partial charge in [0, 0.05) is 17.0 Å². The summed E-state index contributed by atoms with van der Waals surface area (Å²) in [7, 11) is 0. The van der Waals surface area contributed by atoms with Crippen molar-refractivity contribution in [2.24, 2.45) is 0 Å². The fourth-order valence-corrected chi connectivity index (χ4v) is 2.83. The van der Waals surface area contributed by atoms with Crippen LogP contribution in [0.25, 0.3) is 21.8 Å². The standard InChI is InChI=1S/C18H11ClN4O2.ClH/c19-13-3-1-2-4-14(13)22-17-16-12(8-20-9-21-16)11-6-5-10(18(24)25)7-15(11)23-17;/h1-9H,(H,22,23)(H,24,25);1H. The number of carboxylic acids is 1. The van der Waals surface area contributed by atoms with Crippen LogP contribution in [-0.2, 0) is 0 Å². The molecule has 0 bridgehead atoms. The van der Waals surface area contributed by atoms with Crippen LogP contribution < -0.4 is 5.32 Å². The van der Waals surface area contributed by atoms with Gasteiger partial charge in [0.15, 0.2) is 5.82 Å². The number of nitrogens with one attached hydrogen (secondary N) is 1. The molecule has 0 aliphatic carbocycles. The smallest absolute Gasteiger partial charge is 0.335 e. The molecule has 0 spiro atoms. The molecule has 0 amide bonds. The van der Waals surface area contributed by atoms with Crippen molar-refractivity contribution in [3.05, 3.63) is 65.6 Å². The van der Waals surface area contributed by atoms with Gasteiger partial charge in [-0.25, -0.2) is 19.7 Å². The van der Waals surface area contributed by atoms with Crippen LogP contribution in [0.5, 0.6) is 0 Å². The molecule has 2 N–H and O–H groups in total. The van der Waals surface area contributed by atoms with Gasteiger partial charge in [-0.05, 0) is 24.3 Å². The number of hydrogen-bond acceptors (Lipinski definition) is 5. The number of aromatic carboxylic acids is 1. The maximum Gasteiger partial charge on any atom is 0.335 e. The van der Waals surface area contributed by atoms with E-state index >= 15 is 0 Å². The van der Waals surface area contributed by atoms with Crippen LogP contribution in [-0.4, -0.2) is 26.0 Å². The van der Waals surface area contributed by atoms with Crippen molar-refractivity contribution in [2.45, 2.75) is 0 Å². The van der Waals surface area contributed by atoms with Crippen LogP contribution in [0.4, 0.5) is 11.5 Å². The number of anilines is 2. The van der Waals surface area contributed by atoms with E-state index in [9.17, 15) is 9.90 Å². The van der Waals surface area contributed by atoms with Crippen LogP contribution in [0.3, 0.4) is 0 Å². The van der Waals surface area contributed by atoms with Gasteiger partial charge < -0.3 is 10.4 Å². The summed E-state index contributed by atoms with van der Waals surface area (Å²) >= 11 is 6.21. The van der Waals surface area contributed by atoms with Crippen molar-refractivity contribution in [3.8, 4) is 0 Å². The molecule has 2 aromatic heterocycles. The second-order valence-electron chi connectivity index (χ2n) is 5.39. The maximum atomic E-state index is 11.2. The third-order valence-corrected chi connectivity index (χ3v) is 4.16. The SMILES string of the molecule is Cl.O=C(O)c1ccc2c(c1)nc(Nc1ccccc1Cl)c1ncncc12. The predicted molar refractivity (Wildman–Crippen MR) is 104 cm³/mol. The number of para-hydroxylation sites is 1. The van der Waals surface area contributed by atoms with Gasteiger partial charge in [-0.3, -0.25) is 0 Å². The molecule has 2 heterocycles.